The summed E-state index contributed by atoms with van der Waals surface area (Å²) in [5.74, 6) is 1.64. The first-order valence-electron chi connectivity index (χ1n) is 12.8. The number of anilines is 3. The highest BCUT2D eigenvalue weighted by Gasteiger charge is 2.38. The monoisotopic (exact) mass is 489 g/mol. The van der Waals surface area contributed by atoms with Crippen molar-refractivity contribution >= 4 is 17.3 Å². The number of benzene rings is 4. The van der Waals surface area contributed by atoms with Crippen molar-refractivity contribution in [2.24, 2.45) is 0 Å². The Kier molecular flexibility index (Phi) is 6.48. The Morgan fingerprint density at radius 3 is 1.11 bits per heavy atom. The third-order valence-corrected chi connectivity index (χ3v) is 6.94. The summed E-state index contributed by atoms with van der Waals surface area (Å²) in [6.07, 6.45) is 3.62. The van der Waals surface area contributed by atoms with E-state index in [1.165, 1.54) is 22.3 Å². The maximum Gasteiger partial charge on any atom is 0.138 e. The SMILES string of the molecule is c1ccc(C(c2ccccc2)(c2ccccc2)c2ccc(N(c3ccccn3)c3ccccn3)cc2)cc1. The second kappa shape index (κ2) is 10.5. The number of pyridine rings is 2. The van der Waals surface area contributed by atoms with E-state index in [0.717, 1.165) is 17.3 Å². The van der Waals surface area contributed by atoms with E-state index in [0.29, 0.717) is 0 Å². The molecule has 3 nitrogen and oxygen atoms in total. The van der Waals surface area contributed by atoms with Crippen LogP contribution in [0.15, 0.2) is 164 Å². The van der Waals surface area contributed by atoms with Crippen molar-refractivity contribution in [3.8, 4) is 0 Å². The van der Waals surface area contributed by atoms with Gasteiger partial charge in [-0.3, -0.25) is 4.90 Å². The minimum absolute atomic E-state index is 0.483. The lowest BCUT2D eigenvalue weighted by atomic mass is 9.65. The van der Waals surface area contributed by atoms with Crippen molar-refractivity contribution in [1.29, 1.82) is 0 Å². The number of nitrogens with zero attached hydrogens (tertiary/aromatic N) is 3. The van der Waals surface area contributed by atoms with Crippen molar-refractivity contribution in [2.75, 3.05) is 4.90 Å². The predicted octanol–water partition coefficient (Wildman–Crippen LogP) is 8.33. The van der Waals surface area contributed by atoms with Gasteiger partial charge in [-0.15, -0.1) is 0 Å². The van der Waals surface area contributed by atoms with Crippen LogP contribution in [0.25, 0.3) is 0 Å². The molecule has 0 unspecified atom stereocenters. The van der Waals surface area contributed by atoms with Crippen LogP contribution in [0, 0.1) is 0 Å². The summed E-state index contributed by atoms with van der Waals surface area (Å²) in [6.45, 7) is 0. The van der Waals surface area contributed by atoms with Crippen LogP contribution in [-0.4, -0.2) is 9.97 Å². The van der Waals surface area contributed by atoms with Gasteiger partial charge in [-0.05, 0) is 58.7 Å². The van der Waals surface area contributed by atoms with Gasteiger partial charge in [0.25, 0.3) is 0 Å². The highest BCUT2D eigenvalue weighted by Crippen LogP contribution is 2.45. The summed E-state index contributed by atoms with van der Waals surface area (Å²) >= 11 is 0. The molecule has 2 heterocycles. The first kappa shape index (κ1) is 23.4. The third kappa shape index (κ3) is 4.25. The fourth-order valence-electron chi connectivity index (χ4n) is 5.28. The first-order chi connectivity index (χ1) is 18.9. The van der Waals surface area contributed by atoms with Crippen LogP contribution in [0.5, 0.6) is 0 Å². The van der Waals surface area contributed by atoms with Crippen LogP contribution in [-0.2, 0) is 5.41 Å². The van der Waals surface area contributed by atoms with Crippen molar-refractivity contribution in [2.45, 2.75) is 5.41 Å². The number of hydrogen-bond acceptors (Lipinski definition) is 3. The molecule has 0 amide bonds. The molecule has 3 heteroatoms. The van der Waals surface area contributed by atoms with Crippen molar-refractivity contribution < 1.29 is 0 Å². The Morgan fingerprint density at radius 2 is 0.737 bits per heavy atom. The van der Waals surface area contributed by atoms with Crippen molar-refractivity contribution in [3.05, 3.63) is 186 Å². The van der Waals surface area contributed by atoms with Gasteiger partial charge in [0.05, 0.1) is 5.41 Å². The summed E-state index contributed by atoms with van der Waals surface area (Å²) in [5, 5.41) is 0. The molecule has 0 saturated carbocycles. The van der Waals surface area contributed by atoms with Crippen LogP contribution in [0.1, 0.15) is 22.3 Å². The third-order valence-electron chi connectivity index (χ3n) is 6.94. The normalized spacial score (nSPS) is 11.2. The van der Waals surface area contributed by atoms with E-state index >= 15 is 0 Å². The second-order valence-electron chi connectivity index (χ2n) is 9.11. The summed E-state index contributed by atoms with van der Waals surface area (Å²) in [7, 11) is 0. The number of hydrogen-bond donors (Lipinski definition) is 0. The number of aromatic nitrogens is 2. The zero-order chi connectivity index (χ0) is 25.6. The van der Waals surface area contributed by atoms with E-state index in [1.54, 1.807) is 0 Å². The van der Waals surface area contributed by atoms with Crippen LogP contribution in [0.2, 0.25) is 0 Å². The van der Waals surface area contributed by atoms with Crippen LogP contribution in [0.4, 0.5) is 17.3 Å². The molecule has 6 aromatic rings. The Morgan fingerprint density at radius 1 is 0.368 bits per heavy atom. The molecular formula is C35H27N3. The minimum Gasteiger partial charge on any atom is -0.279 e. The average Bonchev–Trinajstić information content (AvgIpc) is 3.01. The Bertz CT molecular complexity index is 1430. The fraction of sp³-hybridized carbons (Fsp3) is 0.0286. The smallest absolute Gasteiger partial charge is 0.138 e. The maximum absolute atomic E-state index is 4.63. The van der Waals surface area contributed by atoms with E-state index in [-0.39, 0.29) is 0 Å². The van der Waals surface area contributed by atoms with Gasteiger partial charge in [0.1, 0.15) is 11.6 Å². The molecule has 6 rings (SSSR count). The zero-order valence-corrected chi connectivity index (χ0v) is 20.9. The van der Waals surface area contributed by atoms with Gasteiger partial charge in [0.2, 0.25) is 0 Å². The van der Waals surface area contributed by atoms with Gasteiger partial charge in [-0.1, -0.05) is 115 Å². The summed E-state index contributed by atoms with van der Waals surface area (Å²) in [5.41, 5.74) is 5.36. The lowest BCUT2D eigenvalue weighted by molar-refractivity contribution is 0.745. The van der Waals surface area contributed by atoms with Gasteiger partial charge in [-0.2, -0.15) is 0 Å². The van der Waals surface area contributed by atoms with Gasteiger partial charge in [0.15, 0.2) is 0 Å². The van der Waals surface area contributed by atoms with E-state index in [9.17, 15) is 0 Å². The van der Waals surface area contributed by atoms with Crippen LogP contribution >= 0.6 is 0 Å². The lowest BCUT2D eigenvalue weighted by Gasteiger charge is -2.37. The average molecular weight is 490 g/mol. The predicted molar refractivity (Wildman–Crippen MR) is 155 cm³/mol. The molecule has 0 bridgehead atoms. The molecule has 0 spiro atoms. The Hall–Kier alpha value is -5.02. The van der Waals surface area contributed by atoms with Crippen LogP contribution in [0.3, 0.4) is 0 Å². The first-order valence-corrected chi connectivity index (χ1v) is 12.8. The molecule has 0 aliphatic carbocycles. The maximum atomic E-state index is 4.63. The summed E-state index contributed by atoms with van der Waals surface area (Å²) in [6, 6.07) is 53.0. The molecule has 0 aliphatic heterocycles. The van der Waals surface area contributed by atoms with Crippen molar-refractivity contribution in [3.63, 3.8) is 0 Å². The molecule has 0 atom stereocenters. The van der Waals surface area contributed by atoms with E-state index in [4.69, 9.17) is 0 Å². The van der Waals surface area contributed by atoms with Crippen molar-refractivity contribution in [1.82, 2.24) is 9.97 Å². The molecular weight excluding hydrogens is 462 g/mol. The van der Waals surface area contributed by atoms with Gasteiger partial charge in [0, 0.05) is 18.1 Å². The minimum atomic E-state index is -0.483. The number of rotatable bonds is 7. The molecule has 0 fully saturated rings. The Balaban J connectivity index is 1.56. The molecule has 182 valence electrons. The standard InChI is InChI=1S/C35H27N3/c1-4-14-28(15-5-1)35(29-16-6-2-7-17-29,30-18-8-3-9-19-30)31-22-24-32(25-23-31)38(33-20-10-12-26-36-33)34-21-11-13-27-37-34/h1-27H. The van der Waals surface area contributed by atoms with Gasteiger partial charge >= 0.3 is 0 Å². The molecule has 4 aromatic carbocycles. The molecule has 2 aromatic heterocycles. The largest absolute Gasteiger partial charge is 0.279 e. The van der Waals surface area contributed by atoms with E-state index < -0.39 is 5.41 Å². The molecule has 0 N–H and O–H groups in total. The lowest BCUT2D eigenvalue weighted by Crippen LogP contribution is -2.31. The zero-order valence-electron chi connectivity index (χ0n) is 20.9. The fourth-order valence-corrected chi connectivity index (χ4v) is 5.28. The summed E-state index contributed by atoms with van der Waals surface area (Å²) < 4.78 is 0. The molecule has 0 radical (unpaired) electrons. The van der Waals surface area contributed by atoms with E-state index in [2.05, 4.69) is 130 Å². The summed E-state index contributed by atoms with van der Waals surface area (Å²) in [4.78, 5) is 11.3. The van der Waals surface area contributed by atoms with Crippen LogP contribution < -0.4 is 4.90 Å². The van der Waals surface area contributed by atoms with E-state index in [1.807, 2.05) is 48.8 Å². The quantitative estimate of drug-likeness (QED) is 0.211. The topological polar surface area (TPSA) is 29.0 Å². The Labute approximate surface area is 223 Å². The van der Waals surface area contributed by atoms with Gasteiger partial charge in [-0.25, -0.2) is 9.97 Å². The highest BCUT2D eigenvalue weighted by molar-refractivity contribution is 5.73. The molecule has 0 saturated heterocycles. The molecule has 38 heavy (non-hydrogen) atoms. The molecule has 0 aliphatic rings. The van der Waals surface area contributed by atoms with Gasteiger partial charge < -0.3 is 0 Å². The highest BCUT2D eigenvalue weighted by atomic mass is 15.2. The second-order valence-corrected chi connectivity index (χ2v) is 9.11.